The number of aliphatic carboxylic acids is 1. The molecule has 162 valence electrons. The first-order valence-corrected chi connectivity index (χ1v) is 9.68. The third-order valence-electron chi connectivity index (χ3n) is 5.22. The van der Waals surface area contributed by atoms with Gasteiger partial charge in [0, 0.05) is 19.0 Å². The molecular formula is C20H24N3O7-. The zero-order valence-corrected chi connectivity index (χ0v) is 16.6. The van der Waals surface area contributed by atoms with Gasteiger partial charge in [0.05, 0.1) is 19.7 Å². The molecule has 2 aliphatic rings. The number of carboxylic acids is 1. The van der Waals surface area contributed by atoms with Gasteiger partial charge in [-0.25, -0.2) is 0 Å². The third-order valence-corrected chi connectivity index (χ3v) is 5.22. The fraction of sp³-hybridized carbons (Fsp3) is 0.500. The summed E-state index contributed by atoms with van der Waals surface area (Å²) in [4.78, 5) is 49.2. The van der Waals surface area contributed by atoms with Crippen molar-refractivity contribution in [2.24, 2.45) is 0 Å². The molecule has 3 amide bonds. The molecular weight excluding hydrogens is 394 g/mol. The molecule has 0 bridgehead atoms. The molecule has 0 radical (unpaired) electrons. The van der Waals surface area contributed by atoms with Crippen LogP contribution in [0.15, 0.2) is 24.3 Å². The molecule has 1 aromatic rings. The van der Waals surface area contributed by atoms with Gasteiger partial charge in [-0.15, -0.1) is 0 Å². The van der Waals surface area contributed by atoms with E-state index in [2.05, 4.69) is 10.6 Å². The number of hydrogen-bond acceptors (Lipinski definition) is 7. The highest BCUT2D eigenvalue weighted by molar-refractivity contribution is 5.97. The van der Waals surface area contributed by atoms with Crippen LogP contribution in [0.2, 0.25) is 0 Å². The van der Waals surface area contributed by atoms with Crippen molar-refractivity contribution < 1.29 is 33.8 Å². The van der Waals surface area contributed by atoms with Gasteiger partial charge in [0.25, 0.3) is 0 Å². The highest BCUT2D eigenvalue weighted by Gasteiger charge is 2.43. The van der Waals surface area contributed by atoms with Gasteiger partial charge >= 0.3 is 0 Å². The van der Waals surface area contributed by atoms with Crippen molar-refractivity contribution in [1.82, 2.24) is 15.5 Å². The van der Waals surface area contributed by atoms with Crippen LogP contribution in [0.4, 0.5) is 0 Å². The lowest BCUT2D eigenvalue weighted by molar-refractivity contribution is -0.309. The van der Waals surface area contributed by atoms with E-state index >= 15 is 0 Å². The number of benzene rings is 1. The lowest BCUT2D eigenvalue weighted by atomic mass is 9.91. The van der Waals surface area contributed by atoms with Crippen LogP contribution >= 0.6 is 0 Å². The maximum absolute atomic E-state index is 12.9. The molecule has 2 heterocycles. The summed E-state index contributed by atoms with van der Waals surface area (Å²) in [5.74, 6) is -1.56. The summed E-state index contributed by atoms with van der Waals surface area (Å²) in [5.41, 5.74) is 0.909. The van der Waals surface area contributed by atoms with Gasteiger partial charge in [-0.1, -0.05) is 12.1 Å². The smallest absolute Gasteiger partial charge is 0.246 e. The zero-order valence-electron chi connectivity index (χ0n) is 16.6. The van der Waals surface area contributed by atoms with Crippen molar-refractivity contribution in [1.29, 1.82) is 0 Å². The fourth-order valence-corrected chi connectivity index (χ4v) is 3.77. The number of nitrogens with zero attached hydrogens (tertiary/aromatic N) is 1. The Morgan fingerprint density at radius 3 is 2.63 bits per heavy atom. The Hall–Kier alpha value is -3.14. The normalized spacial score (nSPS) is 23.4. The maximum Gasteiger partial charge on any atom is 0.246 e. The monoisotopic (exact) mass is 418 g/mol. The summed E-state index contributed by atoms with van der Waals surface area (Å²) in [5, 5.41) is 15.8. The molecule has 3 rings (SSSR count). The van der Waals surface area contributed by atoms with Crippen molar-refractivity contribution in [3.05, 3.63) is 29.8 Å². The summed E-state index contributed by atoms with van der Waals surface area (Å²) in [6, 6.07) is 5.74. The number of hydrogen-bond donors (Lipinski definition) is 2. The molecule has 3 atom stereocenters. The molecule has 2 N–H and O–H groups in total. The second-order valence-corrected chi connectivity index (χ2v) is 7.31. The predicted octanol–water partition coefficient (Wildman–Crippen LogP) is -2.02. The molecule has 0 saturated carbocycles. The summed E-state index contributed by atoms with van der Waals surface area (Å²) in [6.45, 7) is -0.726. The van der Waals surface area contributed by atoms with Crippen molar-refractivity contribution in [2.75, 3.05) is 26.9 Å². The first-order valence-electron chi connectivity index (χ1n) is 9.68. The van der Waals surface area contributed by atoms with Gasteiger partial charge in [-0.2, -0.15) is 0 Å². The minimum Gasteiger partial charge on any atom is -0.548 e. The second-order valence-electron chi connectivity index (χ2n) is 7.31. The maximum atomic E-state index is 12.9. The summed E-state index contributed by atoms with van der Waals surface area (Å²) >= 11 is 0. The average Bonchev–Trinajstić information content (AvgIpc) is 2.72. The molecule has 30 heavy (non-hydrogen) atoms. The van der Waals surface area contributed by atoms with Crippen LogP contribution < -0.4 is 20.5 Å². The molecule has 10 heteroatoms. The predicted molar refractivity (Wildman–Crippen MR) is 101 cm³/mol. The van der Waals surface area contributed by atoms with E-state index in [9.17, 15) is 24.3 Å². The number of fused-ring (bicyclic) bond motifs is 1. The summed E-state index contributed by atoms with van der Waals surface area (Å²) < 4.78 is 9.83. The minimum absolute atomic E-state index is 0.141. The number of amides is 3. The number of nitrogens with one attached hydrogen (secondary N) is 2. The Bertz CT molecular complexity index is 811. The average molecular weight is 418 g/mol. The van der Waals surface area contributed by atoms with Crippen LogP contribution in [0.3, 0.4) is 0 Å². The largest absolute Gasteiger partial charge is 0.548 e. The molecule has 0 unspecified atom stereocenters. The third kappa shape index (κ3) is 5.26. The van der Waals surface area contributed by atoms with Crippen molar-refractivity contribution in [3.8, 4) is 5.75 Å². The standard InChI is InChI=1S/C20H25N3O7/c1-29-14-4-2-12(3-5-14)8-15-20(28)23-7-6-13(9-16(23)19(27)22-15)21-17(24)10-30-11-18(25)26/h2-5,13,15-16H,6-11H2,1H3,(H,21,24)(H,22,27)(H,25,26)/p-1/t13-,15-,16-/m0/s1. The Balaban J connectivity index is 1.54. The van der Waals surface area contributed by atoms with Gasteiger partial charge in [0.1, 0.15) is 24.4 Å². The highest BCUT2D eigenvalue weighted by Crippen LogP contribution is 2.24. The second kappa shape index (κ2) is 9.57. The number of methoxy groups -OCH3 is 1. The van der Waals surface area contributed by atoms with Gasteiger partial charge in [-0.3, -0.25) is 14.4 Å². The highest BCUT2D eigenvalue weighted by atomic mass is 16.5. The van der Waals surface area contributed by atoms with E-state index < -0.39 is 37.2 Å². The first-order chi connectivity index (χ1) is 14.4. The van der Waals surface area contributed by atoms with Gasteiger partial charge < -0.3 is 34.9 Å². The van der Waals surface area contributed by atoms with Crippen molar-refractivity contribution in [2.45, 2.75) is 37.4 Å². The number of carbonyl (C=O) groups excluding carboxylic acids is 4. The van der Waals surface area contributed by atoms with Gasteiger partial charge in [0.15, 0.2) is 0 Å². The van der Waals surface area contributed by atoms with E-state index in [4.69, 9.17) is 9.47 Å². The van der Waals surface area contributed by atoms with Crippen LogP contribution in [-0.4, -0.2) is 73.6 Å². The summed E-state index contributed by atoms with van der Waals surface area (Å²) in [6.07, 6.45) is 1.17. The van der Waals surface area contributed by atoms with Crippen LogP contribution in [0, 0.1) is 0 Å². The van der Waals surface area contributed by atoms with E-state index in [1.807, 2.05) is 12.1 Å². The minimum atomic E-state index is -1.40. The number of piperazine rings is 1. The molecule has 0 aromatic heterocycles. The van der Waals surface area contributed by atoms with E-state index in [1.54, 1.807) is 24.1 Å². The molecule has 2 aliphatic heterocycles. The quantitative estimate of drug-likeness (QED) is 0.497. The topological polar surface area (TPSA) is 137 Å². The molecule has 2 saturated heterocycles. The first kappa shape index (κ1) is 21.6. The number of carbonyl (C=O) groups is 4. The van der Waals surface area contributed by atoms with Crippen molar-refractivity contribution in [3.63, 3.8) is 0 Å². The van der Waals surface area contributed by atoms with Crippen LogP contribution in [0.5, 0.6) is 5.75 Å². The number of carboxylic acid groups (broad SMARTS) is 1. The number of ether oxygens (including phenoxy) is 2. The van der Waals surface area contributed by atoms with E-state index in [1.165, 1.54) is 0 Å². The Kier molecular flexibility index (Phi) is 6.88. The van der Waals surface area contributed by atoms with Crippen LogP contribution in [-0.2, 0) is 30.3 Å². The lowest BCUT2D eigenvalue weighted by Crippen LogP contribution is -2.67. The SMILES string of the molecule is COc1ccc(C[C@@H]2NC(=O)[C@@H]3C[C@@H](NC(=O)COCC(=O)[O-])CCN3C2=O)cc1. The fourth-order valence-electron chi connectivity index (χ4n) is 3.77. The molecule has 1 aromatic carbocycles. The van der Waals surface area contributed by atoms with E-state index in [0.717, 1.165) is 5.56 Å². The number of rotatable bonds is 8. The van der Waals surface area contributed by atoms with Gasteiger partial charge in [-0.05, 0) is 30.5 Å². The molecule has 10 nitrogen and oxygen atoms in total. The lowest BCUT2D eigenvalue weighted by Gasteiger charge is -2.44. The van der Waals surface area contributed by atoms with Crippen LogP contribution in [0.25, 0.3) is 0 Å². The Morgan fingerprint density at radius 1 is 1.23 bits per heavy atom. The Labute approximate surface area is 173 Å². The van der Waals surface area contributed by atoms with Crippen LogP contribution in [0.1, 0.15) is 18.4 Å². The Morgan fingerprint density at radius 2 is 1.97 bits per heavy atom. The molecule has 2 fully saturated rings. The van der Waals surface area contributed by atoms with Gasteiger partial charge in [0.2, 0.25) is 17.7 Å². The number of piperidine rings is 1. The van der Waals surface area contributed by atoms with Crippen molar-refractivity contribution >= 4 is 23.7 Å². The van der Waals surface area contributed by atoms with E-state index in [0.29, 0.717) is 31.6 Å². The molecule has 0 aliphatic carbocycles. The zero-order chi connectivity index (χ0) is 21.7. The van der Waals surface area contributed by atoms with E-state index in [-0.39, 0.29) is 17.9 Å². The summed E-state index contributed by atoms with van der Waals surface area (Å²) in [7, 11) is 1.58. The molecule has 0 spiro atoms.